The number of nitrogens with zero attached hydrogens (tertiary/aromatic N) is 1. The molecule has 6 nitrogen and oxygen atoms in total. The zero-order valence-electron chi connectivity index (χ0n) is 18.5. The zero-order chi connectivity index (χ0) is 23.1. The Kier molecular flexibility index (Phi) is 7.66. The number of carbonyl (C=O) groups is 1. The van der Waals surface area contributed by atoms with E-state index in [0.29, 0.717) is 25.3 Å². The van der Waals surface area contributed by atoms with E-state index in [1.807, 2.05) is 61.5 Å². The summed E-state index contributed by atoms with van der Waals surface area (Å²) in [5.41, 5.74) is 3.17. The zero-order valence-corrected chi connectivity index (χ0v) is 19.4. The Balaban J connectivity index is 1.71. The lowest BCUT2D eigenvalue weighted by Gasteiger charge is -2.22. The number of hydrogen-bond donors (Lipinski definition) is 1. The van der Waals surface area contributed by atoms with Crippen LogP contribution in [0.25, 0.3) is 0 Å². The van der Waals surface area contributed by atoms with Gasteiger partial charge in [0.1, 0.15) is 12.4 Å². The van der Waals surface area contributed by atoms with Gasteiger partial charge in [0.15, 0.2) is 0 Å². The summed E-state index contributed by atoms with van der Waals surface area (Å²) in [5, 5.41) is 0. The monoisotopic (exact) mass is 452 g/mol. The third kappa shape index (κ3) is 5.75. The Hall–Kier alpha value is -3.16. The second-order valence-corrected chi connectivity index (χ2v) is 9.31. The molecule has 0 heterocycles. The largest absolute Gasteiger partial charge is 0.489 e. The lowest BCUT2D eigenvalue weighted by atomic mass is 10.1. The van der Waals surface area contributed by atoms with Crippen molar-refractivity contribution in [3.05, 3.63) is 95.1 Å². The third-order valence-electron chi connectivity index (χ3n) is 5.23. The quantitative estimate of drug-likeness (QED) is 0.529. The van der Waals surface area contributed by atoms with Crippen LogP contribution in [0.4, 0.5) is 0 Å². The number of nitrogens with one attached hydrogen (secondary N) is 1. The van der Waals surface area contributed by atoms with E-state index in [4.69, 9.17) is 4.74 Å². The van der Waals surface area contributed by atoms with Crippen molar-refractivity contribution >= 4 is 15.9 Å². The first-order valence-electron chi connectivity index (χ1n) is 10.4. The van der Waals surface area contributed by atoms with Crippen LogP contribution in [0.2, 0.25) is 0 Å². The molecule has 0 atom stereocenters. The summed E-state index contributed by atoms with van der Waals surface area (Å²) >= 11 is 0. The standard InChI is InChI=1S/C25H28N2O4S/c1-4-27(25(28)24-16-23(15-10-19(24)2)32(29,30)26-3)17-20-11-13-22(14-12-20)31-18-21-8-6-5-7-9-21/h5-16,26H,4,17-18H2,1-3H3. The van der Waals surface area contributed by atoms with E-state index in [9.17, 15) is 13.2 Å². The number of sulfonamides is 1. The maximum Gasteiger partial charge on any atom is 0.254 e. The van der Waals surface area contributed by atoms with Crippen LogP contribution in [0.1, 0.15) is 34.0 Å². The Morgan fingerprint density at radius 1 is 0.969 bits per heavy atom. The lowest BCUT2D eigenvalue weighted by Crippen LogP contribution is -2.31. The number of ether oxygens (including phenoxy) is 1. The van der Waals surface area contributed by atoms with Crippen LogP contribution in [0.15, 0.2) is 77.7 Å². The smallest absolute Gasteiger partial charge is 0.254 e. The molecule has 0 bridgehead atoms. The van der Waals surface area contributed by atoms with Crippen LogP contribution >= 0.6 is 0 Å². The van der Waals surface area contributed by atoms with Gasteiger partial charge in [-0.25, -0.2) is 13.1 Å². The SMILES string of the molecule is CCN(Cc1ccc(OCc2ccccc2)cc1)C(=O)c1cc(S(=O)(=O)NC)ccc1C. The van der Waals surface area contributed by atoms with E-state index in [1.165, 1.54) is 19.2 Å². The van der Waals surface area contributed by atoms with Crippen molar-refractivity contribution in [3.63, 3.8) is 0 Å². The molecule has 3 aromatic rings. The van der Waals surface area contributed by atoms with Crippen LogP contribution in [-0.4, -0.2) is 32.8 Å². The number of rotatable bonds is 9. The molecule has 0 fully saturated rings. The van der Waals surface area contributed by atoms with Crippen molar-refractivity contribution in [2.75, 3.05) is 13.6 Å². The molecule has 3 aromatic carbocycles. The number of hydrogen-bond acceptors (Lipinski definition) is 4. The molecule has 0 aliphatic rings. The van der Waals surface area contributed by atoms with Crippen molar-refractivity contribution in [1.29, 1.82) is 0 Å². The van der Waals surface area contributed by atoms with Crippen LogP contribution < -0.4 is 9.46 Å². The molecule has 0 saturated carbocycles. The minimum absolute atomic E-state index is 0.0740. The predicted molar refractivity (Wildman–Crippen MR) is 125 cm³/mol. The average Bonchev–Trinajstić information content (AvgIpc) is 2.82. The Bertz CT molecular complexity index is 1160. The van der Waals surface area contributed by atoms with Crippen molar-refractivity contribution in [2.45, 2.75) is 31.9 Å². The first-order chi connectivity index (χ1) is 15.3. The summed E-state index contributed by atoms with van der Waals surface area (Å²) in [5.74, 6) is 0.551. The fourth-order valence-corrected chi connectivity index (χ4v) is 4.02. The molecule has 0 radical (unpaired) electrons. The highest BCUT2D eigenvalue weighted by molar-refractivity contribution is 7.89. The van der Waals surface area contributed by atoms with Crippen molar-refractivity contribution < 1.29 is 17.9 Å². The first kappa shape index (κ1) is 23.5. The molecule has 0 unspecified atom stereocenters. The van der Waals surface area contributed by atoms with Gasteiger partial charge >= 0.3 is 0 Å². The number of benzene rings is 3. The number of carbonyl (C=O) groups excluding carboxylic acids is 1. The van der Waals surface area contributed by atoms with Gasteiger partial charge in [-0.15, -0.1) is 0 Å². The Morgan fingerprint density at radius 3 is 2.28 bits per heavy atom. The van der Waals surface area contributed by atoms with Crippen LogP contribution in [0, 0.1) is 6.92 Å². The van der Waals surface area contributed by atoms with Crippen LogP contribution in [-0.2, 0) is 23.2 Å². The van der Waals surface area contributed by atoms with Crippen molar-refractivity contribution in [1.82, 2.24) is 9.62 Å². The van der Waals surface area contributed by atoms with Gasteiger partial charge in [0.05, 0.1) is 4.90 Å². The minimum Gasteiger partial charge on any atom is -0.489 e. The third-order valence-corrected chi connectivity index (χ3v) is 6.64. The molecule has 1 amide bonds. The summed E-state index contributed by atoms with van der Waals surface area (Å²) in [4.78, 5) is 14.9. The van der Waals surface area contributed by atoms with Gasteiger partial charge < -0.3 is 9.64 Å². The van der Waals surface area contributed by atoms with E-state index < -0.39 is 10.0 Å². The molecule has 168 valence electrons. The van der Waals surface area contributed by atoms with Gasteiger partial charge in [-0.1, -0.05) is 48.5 Å². The molecule has 1 N–H and O–H groups in total. The fraction of sp³-hybridized carbons (Fsp3) is 0.240. The molecule has 0 aliphatic carbocycles. The normalized spacial score (nSPS) is 11.2. The van der Waals surface area contributed by atoms with Crippen LogP contribution in [0.3, 0.4) is 0 Å². The van der Waals surface area contributed by atoms with E-state index in [-0.39, 0.29) is 10.8 Å². The van der Waals surface area contributed by atoms with Gasteiger partial charge in [0.2, 0.25) is 10.0 Å². The van der Waals surface area contributed by atoms with Crippen molar-refractivity contribution in [2.24, 2.45) is 0 Å². The Labute approximate surface area is 189 Å². The minimum atomic E-state index is -3.63. The van der Waals surface area contributed by atoms with Crippen molar-refractivity contribution in [3.8, 4) is 5.75 Å². The molecule has 3 rings (SSSR count). The molecule has 0 aliphatic heterocycles. The van der Waals surface area contributed by atoms with E-state index in [0.717, 1.165) is 22.4 Å². The topological polar surface area (TPSA) is 75.7 Å². The molecule has 7 heteroatoms. The second kappa shape index (κ2) is 10.4. The van der Waals surface area contributed by atoms with Gasteiger partial charge in [-0.2, -0.15) is 0 Å². The number of amides is 1. The van der Waals surface area contributed by atoms with Gasteiger partial charge in [-0.05, 0) is 61.9 Å². The molecule has 0 aromatic heterocycles. The Morgan fingerprint density at radius 2 is 1.66 bits per heavy atom. The summed E-state index contributed by atoms with van der Waals surface area (Å²) in [6.07, 6.45) is 0. The van der Waals surface area contributed by atoms with Gasteiger partial charge in [0, 0.05) is 18.7 Å². The summed E-state index contributed by atoms with van der Waals surface area (Å²) in [6, 6.07) is 22.2. The summed E-state index contributed by atoms with van der Waals surface area (Å²) in [7, 11) is -2.28. The molecule has 0 saturated heterocycles. The molecular weight excluding hydrogens is 424 g/mol. The highest BCUT2D eigenvalue weighted by Crippen LogP contribution is 2.20. The predicted octanol–water partition coefficient (Wildman–Crippen LogP) is 4.14. The molecule has 32 heavy (non-hydrogen) atoms. The second-order valence-electron chi connectivity index (χ2n) is 7.42. The fourth-order valence-electron chi connectivity index (χ4n) is 3.27. The maximum absolute atomic E-state index is 13.2. The van der Waals surface area contributed by atoms with E-state index in [2.05, 4.69) is 4.72 Å². The van der Waals surface area contributed by atoms with E-state index >= 15 is 0 Å². The summed E-state index contributed by atoms with van der Waals surface area (Å²) < 4.78 is 32.4. The molecular formula is C25H28N2O4S. The maximum atomic E-state index is 13.2. The molecule has 0 spiro atoms. The van der Waals surface area contributed by atoms with E-state index in [1.54, 1.807) is 17.9 Å². The lowest BCUT2D eigenvalue weighted by molar-refractivity contribution is 0.0751. The van der Waals surface area contributed by atoms with Gasteiger partial charge in [0.25, 0.3) is 5.91 Å². The highest BCUT2D eigenvalue weighted by atomic mass is 32.2. The van der Waals surface area contributed by atoms with Gasteiger partial charge in [-0.3, -0.25) is 4.79 Å². The average molecular weight is 453 g/mol. The summed E-state index contributed by atoms with van der Waals surface area (Å²) in [6.45, 7) is 5.10. The first-order valence-corrected chi connectivity index (χ1v) is 11.9. The van der Waals surface area contributed by atoms with Crippen LogP contribution in [0.5, 0.6) is 5.75 Å². The number of aryl methyl sites for hydroxylation is 1. The highest BCUT2D eigenvalue weighted by Gasteiger charge is 2.20.